The van der Waals surface area contributed by atoms with Gasteiger partial charge in [0, 0.05) is 0 Å². The van der Waals surface area contributed by atoms with Crippen molar-refractivity contribution in [2.45, 2.75) is 58.5 Å². The SMILES string of the molecule is CCOC(=O)C1=C(COC(=O)[C@H](C)N2C(=O)[C@H]3CCCC[C@H]3C2=O)NC(=O)N[C@@H]1C. The third-order valence-electron chi connectivity index (χ3n) is 5.83. The Morgan fingerprint density at radius 2 is 1.70 bits per heavy atom. The Hall–Kier alpha value is -2.91. The highest BCUT2D eigenvalue weighted by Crippen LogP contribution is 2.38. The number of fused-ring (bicyclic) bond motifs is 1. The second-order valence-electron chi connectivity index (χ2n) is 7.76. The van der Waals surface area contributed by atoms with Crippen molar-refractivity contribution >= 4 is 29.8 Å². The number of carbonyl (C=O) groups is 5. The maximum absolute atomic E-state index is 12.7. The number of nitrogens with zero attached hydrogens (tertiary/aromatic N) is 1. The zero-order valence-corrected chi connectivity index (χ0v) is 17.4. The molecule has 3 aliphatic rings. The molecule has 2 N–H and O–H groups in total. The van der Waals surface area contributed by atoms with E-state index in [9.17, 15) is 24.0 Å². The molecule has 2 fully saturated rings. The number of amides is 4. The van der Waals surface area contributed by atoms with Gasteiger partial charge in [-0.05, 0) is 33.6 Å². The van der Waals surface area contributed by atoms with Crippen molar-refractivity contribution in [2.75, 3.05) is 13.2 Å². The van der Waals surface area contributed by atoms with E-state index in [4.69, 9.17) is 9.47 Å². The van der Waals surface area contributed by atoms with Crippen LogP contribution in [-0.4, -0.2) is 60.0 Å². The Balaban J connectivity index is 1.71. The molecule has 2 heterocycles. The van der Waals surface area contributed by atoms with Gasteiger partial charge in [-0.2, -0.15) is 0 Å². The van der Waals surface area contributed by atoms with Crippen molar-refractivity contribution in [2.24, 2.45) is 11.8 Å². The molecule has 1 saturated carbocycles. The van der Waals surface area contributed by atoms with Gasteiger partial charge in [-0.15, -0.1) is 0 Å². The number of imide groups is 1. The fraction of sp³-hybridized carbons (Fsp3) is 0.650. The number of esters is 2. The molecule has 10 nitrogen and oxygen atoms in total. The highest BCUT2D eigenvalue weighted by Gasteiger charge is 2.51. The number of likely N-dealkylation sites (tertiary alicyclic amines) is 1. The van der Waals surface area contributed by atoms with Crippen molar-refractivity contribution < 1.29 is 33.4 Å². The lowest BCUT2D eigenvalue weighted by Gasteiger charge is -2.27. The van der Waals surface area contributed by atoms with E-state index < -0.39 is 36.7 Å². The van der Waals surface area contributed by atoms with Crippen LogP contribution in [0.2, 0.25) is 0 Å². The van der Waals surface area contributed by atoms with Crippen LogP contribution < -0.4 is 10.6 Å². The number of rotatable bonds is 6. The van der Waals surface area contributed by atoms with Gasteiger partial charge in [0.2, 0.25) is 11.8 Å². The lowest BCUT2D eigenvalue weighted by molar-refractivity contribution is -0.157. The molecule has 0 radical (unpaired) electrons. The third kappa shape index (κ3) is 4.03. The van der Waals surface area contributed by atoms with Crippen molar-refractivity contribution in [3.63, 3.8) is 0 Å². The maximum atomic E-state index is 12.7. The van der Waals surface area contributed by atoms with Crippen LogP contribution in [0.4, 0.5) is 4.79 Å². The maximum Gasteiger partial charge on any atom is 0.338 e. The first-order valence-corrected chi connectivity index (χ1v) is 10.3. The fourth-order valence-electron chi connectivity index (χ4n) is 4.33. The lowest BCUT2D eigenvalue weighted by Crippen LogP contribution is -2.50. The summed E-state index contributed by atoms with van der Waals surface area (Å²) in [4.78, 5) is 62.9. The summed E-state index contributed by atoms with van der Waals surface area (Å²) in [5.41, 5.74) is 0.259. The molecular formula is C20H27N3O7. The van der Waals surface area contributed by atoms with E-state index in [1.807, 2.05) is 0 Å². The normalized spacial score (nSPS) is 27.2. The van der Waals surface area contributed by atoms with Gasteiger partial charge in [-0.3, -0.25) is 14.5 Å². The van der Waals surface area contributed by atoms with E-state index in [0.29, 0.717) is 12.8 Å². The second kappa shape index (κ2) is 8.85. The number of ether oxygens (including phenoxy) is 2. The quantitative estimate of drug-likeness (QED) is 0.474. The van der Waals surface area contributed by atoms with Crippen LogP contribution in [-0.2, 0) is 28.7 Å². The third-order valence-corrected chi connectivity index (χ3v) is 5.83. The molecule has 0 bridgehead atoms. The van der Waals surface area contributed by atoms with Crippen LogP contribution in [0.25, 0.3) is 0 Å². The largest absolute Gasteiger partial charge is 0.463 e. The monoisotopic (exact) mass is 421 g/mol. The Morgan fingerprint density at radius 1 is 1.10 bits per heavy atom. The number of urea groups is 1. The Kier molecular flexibility index (Phi) is 6.42. The van der Waals surface area contributed by atoms with Gasteiger partial charge in [0.25, 0.3) is 0 Å². The van der Waals surface area contributed by atoms with Crippen LogP contribution in [0.15, 0.2) is 11.3 Å². The van der Waals surface area contributed by atoms with Crippen LogP contribution in [0.3, 0.4) is 0 Å². The average molecular weight is 421 g/mol. The molecule has 1 saturated heterocycles. The topological polar surface area (TPSA) is 131 Å². The lowest BCUT2D eigenvalue weighted by atomic mass is 9.81. The number of nitrogens with one attached hydrogen (secondary N) is 2. The number of hydrogen-bond donors (Lipinski definition) is 2. The van der Waals surface area contributed by atoms with Gasteiger partial charge in [-0.1, -0.05) is 12.8 Å². The predicted octanol–water partition coefficient (Wildman–Crippen LogP) is 0.612. The smallest absolute Gasteiger partial charge is 0.338 e. The van der Waals surface area contributed by atoms with E-state index in [1.165, 1.54) is 6.92 Å². The van der Waals surface area contributed by atoms with Crippen LogP contribution in [0.1, 0.15) is 46.5 Å². The van der Waals surface area contributed by atoms with E-state index in [0.717, 1.165) is 17.7 Å². The molecule has 0 spiro atoms. The molecule has 1 aliphatic carbocycles. The first-order valence-electron chi connectivity index (χ1n) is 10.3. The minimum atomic E-state index is -1.09. The Bertz CT molecular complexity index is 782. The van der Waals surface area contributed by atoms with Crippen LogP contribution in [0, 0.1) is 11.8 Å². The van der Waals surface area contributed by atoms with Crippen molar-refractivity contribution in [1.82, 2.24) is 15.5 Å². The summed E-state index contributed by atoms with van der Waals surface area (Å²) in [7, 11) is 0. The summed E-state index contributed by atoms with van der Waals surface area (Å²) in [5.74, 6) is -2.79. The van der Waals surface area contributed by atoms with Crippen molar-refractivity contribution in [3.05, 3.63) is 11.3 Å². The molecule has 30 heavy (non-hydrogen) atoms. The van der Waals surface area contributed by atoms with Gasteiger partial charge < -0.3 is 20.1 Å². The Labute approximate surface area is 174 Å². The molecule has 4 amide bonds. The standard InChI is InChI=1S/C20H27N3O7/c1-4-29-19(27)15-10(2)21-20(28)22-14(15)9-30-18(26)11(3)23-16(24)12-7-5-6-8-13(12)17(23)25/h10-13H,4-9H2,1-3H3,(H2,21,22,28)/t10-,11+,12-,13+/m1/s1. The van der Waals surface area contributed by atoms with E-state index in [-0.39, 0.29) is 41.5 Å². The Morgan fingerprint density at radius 3 is 2.27 bits per heavy atom. The number of hydrogen-bond acceptors (Lipinski definition) is 7. The summed E-state index contributed by atoms with van der Waals surface area (Å²) in [6, 6.07) is -2.26. The van der Waals surface area contributed by atoms with Gasteiger partial charge in [0.1, 0.15) is 12.6 Å². The van der Waals surface area contributed by atoms with Crippen molar-refractivity contribution in [3.8, 4) is 0 Å². The van der Waals surface area contributed by atoms with Gasteiger partial charge in [0.15, 0.2) is 0 Å². The van der Waals surface area contributed by atoms with E-state index in [2.05, 4.69) is 10.6 Å². The fourth-order valence-corrected chi connectivity index (χ4v) is 4.33. The summed E-state index contributed by atoms with van der Waals surface area (Å²) in [6.45, 7) is 4.46. The van der Waals surface area contributed by atoms with E-state index >= 15 is 0 Å². The minimum Gasteiger partial charge on any atom is -0.463 e. The highest BCUT2D eigenvalue weighted by molar-refractivity contribution is 6.07. The summed E-state index contributed by atoms with van der Waals surface area (Å²) < 4.78 is 10.3. The van der Waals surface area contributed by atoms with Crippen LogP contribution >= 0.6 is 0 Å². The highest BCUT2D eigenvalue weighted by atomic mass is 16.5. The molecule has 0 aromatic rings. The molecule has 164 valence electrons. The minimum absolute atomic E-state index is 0.109. The number of carbonyl (C=O) groups excluding carboxylic acids is 5. The average Bonchev–Trinajstić information content (AvgIpc) is 2.96. The molecule has 0 unspecified atom stereocenters. The zero-order chi connectivity index (χ0) is 22.0. The van der Waals surface area contributed by atoms with Crippen LogP contribution in [0.5, 0.6) is 0 Å². The molecule has 3 rings (SSSR count). The zero-order valence-electron chi connectivity index (χ0n) is 17.4. The van der Waals surface area contributed by atoms with Crippen molar-refractivity contribution in [1.29, 1.82) is 0 Å². The van der Waals surface area contributed by atoms with Gasteiger partial charge in [-0.25, -0.2) is 14.4 Å². The molecule has 4 atom stereocenters. The van der Waals surface area contributed by atoms with Gasteiger partial charge in [0.05, 0.1) is 35.8 Å². The first kappa shape index (κ1) is 21.8. The summed E-state index contributed by atoms with van der Waals surface area (Å²) >= 11 is 0. The predicted molar refractivity (Wildman–Crippen MR) is 103 cm³/mol. The van der Waals surface area contributed by atoms with Gasteiger partial charge >= 0.3 is 18.0 Å². The molecule has 2 aliphatic heterocycles. The molecule has 0 aromatic heterocycles. The molecule has 10 heteroatoms. The molecular weight excluding hydrogens is 394 g/mol. The second-order valence-corrected chi connectivity index (χ2v) is 7.76. The van der Waals surface area contributed by atoms with E-state index in [1.54, 1.807) is 13.8 Å². The summed E-state index contributed by atoms with van der Waals surface area (Å²) in [6.07, 6.45) is 3.09. The summed E-state index contributed by atoms with van der Waals surface area (Å²) in [5, 5.41) is 5.01. The first-order chi connectivity index (χ1) is 14.3. The molecule has 0 aromatic carbocycles.